The highest BCUT2D eigenvalue weighted by Gasteiger charge is 2.18. The lowest BCUT2D eigenvalue weighted by Gasteiger charge is -2.30. The van der Waals surface area contributed by atoms with Crippen LogP contribution in [0, 0.1) is 0 Å². The van der Waals surface area contributed by atoms with Crippen molar-refractivity contribution in [2.45, 2.75) is 19.2 Å². The molecule has 1 unspecified atom stereocenters. The number of likely N-dealkylation sites (N-methyl/N-ethyl adjacent to an activating group) is 1. The Hall–Kier alpha value is -0.840. The van der Waals surface area contributed by atoms with E-state index in [1.54, 1.807) is 0 Å². The van der Waals surface area contributed by atoms with E-state index in [2.05, 4.69) is 40.2 Å². The van der Waals surface area contributed by atoms with Crippen LogP contribution in [0.25, 0.3) is 0 Å². The lowest BCUT2D eigenvalue weighted by Crippen LogP contribution is -2.42. The van der Waals surface area contributed by atoms with Crippen LogP contribution in [0.2, 0.25) is 0 Å². The molecule has 4 nitrogen and oxygen atoms in total. The topological polar surface area (TPSA) is 29.4 Å². The third kappa shape index (κ3) is 2.84. The number of nitrogens with one attached hydrogen (secondary N) is 1. The van der Waals surface area contributed by atoms with E-state index < -0.39 is 0 Å². The number of nitrogens with zero attached hydrogens (tertiary/aromatic N) is 2. The monoisotopic (exact) mass is 223 g/mol. The van der Waals surface area contributed by atoms with Crippen molar-refractivity contribution in [3.63, 3.8) is 0 Å². The van der Waals surface area contributed by atoms with Gasteiger partial charge in [0.15, 0.2) is 0 Å². The molecular formula is C12H21N3O. The number of ether oxygens (including phenoxy) is 1. The van der Waals surface area contributed by atoms with Crippen molar-refractivity contribution < 1.29 is 4.74 Å². The molecule has 1 atom stereocenters. The summed E-state index contributed by atoms with van der Waals surface area (Å²) in [5.74, 6) is 0. The first kappa shape index (κ1) is 11.6. The number of morpholine rings is 1. The van der Waals surface area contributed by atoms with Crippen LogP contribution in [0.1, 0.15) is 5.69 Å². The summed E-state index contributed by atoms with van der Waals surface area (Å²) < 4.78 is 8.05. The van der Waals surface area contributed by atoms with E-state index in [-0.39, 0.29) is 0 Å². The maximum absolute atomic E-state index is 5.77. The number of hydrogen-bond donors (Lipinski definition) is 1. The molecule has 2 rings (SSSR count). The van der Waals surface area contributed by atoms with Gasteiger partial charge in [-0.25, -0.2) is 0 Å². The molecule has 1 aliphatic heterocycles. The molecule has 1 aromatic rings. The highest BCUT2D eigenvalue weighted by atomic mass is 16.5. The number of hydrogen-bond acceptors (Lipinski definition) is 3. The van der Waals surface area contributed by atoms with Crippen LogP contribution in [0.5, 0.6) is 0 Å². The average Bonchev–Trinajstić information content (AvgIpc) is 2.66. The quantitative estimate of drug-likeness (QED) is 0.808. The fourth-order valence-electron chi connectivity index (χ4n) is 2.17. The van der Waals surface area contributed by atoms with Crippen LogP contribution in [-0.4, -0.2) is 49.4 Å². The minimum Gasteiger partial charge on any atom is -0.374 e. The molecule has 0 amide bonds. The minimum absolute atomic E-state index is 0.321. The molecule has 1 N–H and O–H groups in total. The molecule has 1 fully saturated rings. The first-order valence-electron chi connectivity index (χ1n) is 5.88. The van der Waals surface area contributed by atoms with Crippen molar-refractivity contribution in [1.82, 2.24) is 14.8 Å². The summed E-state index contributed by atoms with van der Waals surface area (Å²) in [7, 11) is 4.13. The van der Waals surface area contributed by atoms with E-state index in [0.29, 0.717) is 6.10 Å². The maximum atomic E-state index is 5.77. The molecule has 0 aromatic carbocycles. The molecule has 4 heteroatoms. The predicted octanol–water partition coefficient (Wildman–Crippen LogP) is 0.538. The summed E-state index contributed by atoms with van der Waals surface area (Å²) >= 11 is 0. The first-order chi connectivity index (χ1) is 7.79. The highest BCUT2D eigenvalue weighted by molar-refractivity contribution is 5.07. The summed E-state index contributed by atoms with van der Waals surface area (Å²) in [4.78, 5) is 2.33. The minimum atomic E-state index is 0.321. The van der Waals surface area contributed by atoms with Crippen molar-refractivity contribution in [1.29, 1.82) is 0 Å². The Labute approximate surface area is 97.2 Å². The molecular weight excluding hydrogens is 202 g/mol. The summed E-state index contributed by atoms with van der Waals surface area (Å²) in [6.45, 7) is 4.79. The van der Waals surface area contributed by atoms with Crippen molar-refractivity contribution >= 4 is 0 Å². The zero-order valence-electron chi connectivity index (χ0n) is 10.1. The predicted molar refractivity (Wildman–Crippen MR) is 64.4 cm³/mol. The lowest BCUT2D eigenvalue weighted by molar-refractivity contribution is -0.0277. The molecule has 0 bridgehead atoms. The second-order valence-electron chi connectivity index (χ2n) is 4.44. The molecule has 16 heavy (non-hydrogen) atoms. The van der Waals surface area contributed by atoms with Gasteiger partial charge in [-0.2, -0.15) is 0 Å². The normalized spacial score (nSPS) is 22.5. The Kier molecular flexibility index (Phi) is 3.98. The zero-order chi connectivity index (χ0) is 11.4. The zero-order valence-corrected chi connectivity index (χ0v) is 10.1. The number of aromatic nitrogens is 1. The third-order valence-electron chi connectivity index (χ3n) is 3.02. The Balaban J connectivity index is 1.94. The van der Waals surface area contributed by atoms with Crippen LogP contribution in [0.15, 0.2) is 18.3 Å². The standard InChI is InChI=1S/C12H21N3O/c1-13-8-11-4-3-5-15(11)10-12-9-14(2)6-7-16-12/h3-5,12-13H,6-10H2,1-2H3. The van der Waals surface area contributed by atoms with Crippen LogP contribution < -0.4 is 5.32 Å². The Morgan fingerprint density at radius 1 is 1.56 bits per heavy atom. The van der Waals surface area contributed by atoms with E-state index >= 15 is 0 Å². The Bertz CT molecular complexity index is 324. The van der Waals surface area contributed by atoms with Crippen LogP contribution in [0.4, 0.5) is 0 Å². The molecule has 1 saturated heterocycles. The van der Waals surface area contributed by atoms with Gasteiger partial charge in [0.05, 0.1) is 12.7 Å². The van der Waals surface area contributed by atoms with Crippen LogP contribution in [0.3, 0.4) is 0 Å². The Morgan fingerprint density at radius 3 is 3.19 bits per heavy atom. The summed E-state index contributed by atoms with van der Waals surface area (Å²) in [6.07, 6.45) is 2.45. The van der Waals surface area contributed by atoms with Gasteiger partial charge in [-0.05, 0) is 26.2 Å². The summed E-state index contributed by atoms with van der Waals surface area (Å²) in [5, 5.41) is 3.18. The fraction of sp³-hybridized carbons (Fsp3) is 0.667. The molecule has 0 spiro atoms. The van der Waals surface area contributed by atoms with Gasteiger partial charge in [0, 0.05) is 38.1 Å². The van der Waals surface area contributed by atoms with Gasteiger partial charge in [-0.3, -0.25) is 0 Å². The molecule has 0 radical (unpaired) electrons. The lowest BCUT2D eigenvalue weighted by atomic mass is 10.2. The average molecular weight is 223 g/mol. The molecule has 2 heterocycles. The first-order valence-corrected chi connectivity index (χ1v) is 5.88. The van der Waals surface area contributed by atoms with Gasteiger partial charge in [-0.1, -0.05) is 0 Å². The van der Waals surface area contributed by atoms with Gasteiger partial charge in [0.1, 0.15) is 0 Å². The van der Waals surface area contributed by atoms with Gasteiger partial charge in [0.2, 0.25) is 0 Å². The van der Waals surface area contributed by atoms with E-state index in [1.807, 2.05) is 7.05 Å². The van der Waals surface area contributed by atoms with E-state index in [4.69, 9.17) is 4.74 Å². The largest absolute Gasteiger partial charge is 0.374 e. The van der Waals surface area contributed by atoms with Crippen molar-refractivity contribution in [2.75, 3.05) is 33.8 Å². The highest BCUT2D eigenvalue weighted by Crippen LogP contribution is 2.09. The SMILES string of the molecule is CNCc1cccn1CC1CN(C)CCO1. The molecule has 90 valence electrons. The summed E-state index contributed by atoms with van der Waals surface area (Å²) in [6, 6.07) is 4.25. The molecule has 0 saturated carbocycles. The van der Waals surface area contributed by atoms with E-state index in [0.717, 1.165) is 32.8 Å². The van der Waals surface area contributed by atoms with Crippen LogP contribution >= 0.6 is 0 Å². The summed E-state index contributed by atoms with van der Waals surface area (Å²) in [5.41, 5.74) is 1.32. The van der Waals surface area contributed by atoms with Gasteiger partial charge in [0.25, 0.3) is 0 Å². The molecule has 1 aromatic heterocycles. The Morgan fingerprint density at radius 2 is 2.44 bits per heavy atom. The van der Waals surface area contributed by atoms with Gasteiger partial charge in [-0.15, -0.1) is 0 Å². The van der Waals surface area contributed by atoms with Crippen molar-refractivity contribution in [3.8, 4) is 0 Å². The van der Waals surface area contributed by atoms with Crippen LogP contribution in [-0.2, 0) is 17.8 Å². The van der Waals surface area contributed by atoms with Gasteiger partial charge < -0.3 is 19.5 Å². The van der Waals surface area contributed by atoms with E-state index in [1.165, 1.54) is 5.69 Å². The van der Waals surface area contributed by atoms with Gasteiger partial charge >= 0.3 is 0 Å². The van der Waals surface area contributed by atoms with Crippen molar-refractivity contribution in [3.05, 3.63) is 24.0 Å². The fourth-order valence-corrected chi connectivity index (χ4v) is 2.17. The molecule has 1 aliphatic rings. The van der Waals surface area contributed by atoms with Crippen molar-refractivity contribution in [2.24, 2.45) is 0 Å². The third-order valence-corrected chi connectivity index (χ3v) is 3.02. The van der Waals surface area contributed by atoms with E-state index in [9.17, 15) is 0 Å². The number of rotatable bonds is 4. The maximum Gasteiger partial charge on any atom is 0.0880 e. The molecule has 0 aliphatic carbocycles. The smallest absolute Gasteiger partial charge is 0.0880 e. The second kappa shape index (κ2) is 5.48. The second-order valence-corrected chi connectivity index (χ2v) is 4.44.